The predicted octanol–water partition coefficient (Wildman–Crippen LogP) is 3.46. The van der Waals surface area contributed by atoms with E-state index in [9.17, 15) is 13.2 Å². The topological polar surface area (TPSA) is 88.2 Å². The molecule has 37 heavy (non-hydrogen) atoms. The summed E-state index contributed by atoms with van der Waals surface area (Å²) in [6.07, 6.45) is 0.813. The van der Waals surface area contributed by atoms with Gasteiger partial charge < -0.3 is 19.7 Å². The zero-order valence-corrected chi connectivity index (χ0v) is 22.2. The third-order valence-corrected chi connectivity index (χ3v) is 8.51. The molecule has 1 N–H and O–H groups in total. The van der Waals surface area contributed by atoms with E-state index < -0.39 is 16.1 Å². The van der Waals surface area contributed by atoms with Crippen LogP contribution in [0.4, 0.5) is 5.69 Å². The average Bonchev–Trinajstić information content (AvgIpc) is 2.95. The number of sulfonamides is 1. The molecule has 1 fully saturated rings. The third kappa shape index (κ3) is 6.06. The molecule has 8 nitrogen and oxygen atoms in total. The first-order valence-corrected chi connectivity index (χ1v) is 13.7. The standard InChI is InChI=1S/C28H33N3O5S/c1-4-21-10-12-26(13-11-21)37(33,34)31-15-14-30(23-16-24(35-2)18-25(17-23)36-3)20-27(31)28(32)29-19-22-8-6-5-7-9-22/h5-13,16-18,27H,4,14-15,19-20H2,1-3H3,(H,29,32). The van der Waals surface area contributed by atoms with E-state index in [2.05, 4.69) is 5.32 Å². The second kappa shape index (κ2) is 11.7. The molecule has 4 rings (SSSR count). The van der Waals surface area contributed by atoms with Gasteiger partial charge in [0.2, 0.25) is 15.9 Å². The minimum Gasteiger partial charge on any atom is -0.497 e. The lowest BCUT2D eigenvalue weighted by molar-refractivity contribution is -0.125. The molecule has 0 aliphatic carbocycles. The maximum absolute atomic E-state index is 13.7. The van der Waals surface area contributed by atoms with Crippen LogP contribution in [0.5, 0.6) is 11.5 Å². The summed E-state index contributed by atoms with van der Waals surface area (Å²) in [7, 11) is -0.747. The summed E-state index contributed by atoms with van der Waals surface area (Å²) < 4.78 is 39.6. The highest BCUT2D eigenvalue weighted by Gasteiger charge is 2.40. The zero-order chi connectivity index (χ0) is 26.4. The van der Waals surface area contributed by atoms with Crippen LogP contribution in [0.3, 0.4) is 0 Å². The number of amides is 1. The molecule has 0 saturated carbocycles. The van der Waals surface area contributed by atoms with Crippen molar-refractivity contribution in [1.82, 2.24) is 9.62 Å². The molecule has 0 bridgehead atoms. The maximum Gasteiger partial charge on any atom is 0.243 e. The van der Waals surface area contributed by atoms with Crippen LogP contribution >= 0.6 is 0 Å². The van der Waals surface area contributed by atoms with Crippen LogP contribution in [0.1, 0.15) is 18.1 Å². The molecule has 3 aromatic carbocycles. The zero-order valence-electron chi connectivity index (χ0n) is 21.4. The number of piperazine rings is 1. The van der Waals surface area contributed by atoms with Crippen molar-refractivity contribution in [2.24, 2.45) is 0 Å². The molecule has 196 valence electrons. The van der Waals surface area contributed by atoms with Gasteiger partial charge in [-0.05, 0) is 29.7 Å². The van der Waals surface area contributed by atoms with E-state index in [0.29, 0.717) is 24.6 Å². The highest BCUT2D eigenvalue weighted by atomic mass is 32.2. The van der Waals surface area contributed by atoms with Crippen LogP contribution in [0, 0.1) is 0 Å². The van der Waals surface area contributed by atoms with Gasteiger partial charge >= 0.3 is 0 Å². The normalized spacial score (nSPS) is 16.3. The van der Waals surface area contributed by atoms with Crippen molar-refractivity contribution in [2.75, 3.05) is 38.8 Å². The number of carbonyl (C=O) groups is 1. The molecule has 1 atom stereocenters. The Morgan fingerprint density at radius 2 is 1.57 bits per heavy atom. The highest BCUT2D eigenvalue weighted by molar-refractivity contribution is 7.89. The Balaban J connectivity index is 1.64. The van der Waals surface area contributed by atoms with Crippen molar-refractivity contribution >= 4 is 21.6 Å². The van der Waals surface area contributed by atoms with Crippen molar-refractivity contribution in [3.05, 3.63) is 83.9 Å². The van der Waals surface area contributed by atoms with Gasteiger partial charge in [0.25, 0.3) is 0 Å². The van der Waals surface area contributed by atoms with E-state index in [0.717, 1.165) is 23.2 Å². The molecule has 0 radical (unpaired) electrons. The molecule has 0 spiro atoms. The number of ether oxygens (including phenoxy) is 2. The SMILES string of the molecule is CCc1ccc(S(=O)(=O)N2CCN(c3cc(OC)cc(OC)c3)CC2C(=O)NCc2ccccc2)cc1. The van der Waals surface area contributed by atoms with Gasteiger partial charge in [0.1, 0.15) is 17.5 Å². The van der Waals surface area contributed by atoms with Gasteiger partial charge in [-0.2, -0.15) is 4.31 Å². The van der Waals surface area contributed by atoms with E-state index in [1.807, 2.05) is 66.4 Å². The van der Waals surface area contributed by atoms with Crippen molar-refractivity contribution in [2.45, 2.75) is 30.8 Å². The molecule has 1 aliphatic heterocycles. The van der Waals surface area contributed by atoms with Crippen LogP contribution in [0.2, 0.25) is 0 Å². The monoisotopic (exact) mass is 523 g/mol. The lowest BCUT2D eigenvalue weighted by Crippen LogP contribution is -2.60. The van der Waals surface area contributed by atoms with Crippen molar-refractivity contribution in [3.63, 3.8) is 0 Å². The van der Waals surface area contributed by atoms with Gasteiger partial charge in [0.15, 0.2) is 0 Å². The maximum atomic E-state index is 13.7. The Kier molecular flexibility index (Phi) is 8.35. The number of aryl methyl sites for hydroxylation is 1. The summed E-state index contributed by atoms with van der Waals surface area (Å²) in [6, 6.07) is 21.0. The summed E-state index contributed by atoms with van der Waals surface area (Å²) in [6.45, 7) is 3.07. The fraction of sp³-hybridized carbons (Fsp3) is 0.321. The first kappa shape index (κ1) is 26.5. The van der Waals surface area contributed by atoms with E-state index in [-0.39, 0.29) is 23.9 Å². The number of nitrogens with zero attached hydrogens (tertiary/aromatic N) is 2. The third-order valence-electron chi connectivity index (χ3n) is 6.58. The van der Waals surface area contributed by atoms with Crippen molar-refractivity contribution < 1.29 is 22.7 Å². The lowest BCUT2D eigenvalue weighted by Gasteiger charge is -2.40. The van der Waals surface area contributed by atoms with Crippen LogP contribution in [0.15, 0.2) is 77.7 Å². The number of benzene rings is 3. The van der Waals surface area contributed by atoms with Crippen LogP contribution in [0.25, 0.3) is 0 Å². The Morgan fingerprint density at radius 3 is 2.16 bits per heavy atom. The first-order valence-electron chi connectivity index (χ1n) is 12.3. The minimum atomic E-state index is -3.90. The number of methoxy groups -OCH3 is 2. The number of rotatable bonds is 9. The van der Waals surface area contributed by atoms with Gasteiger partial charge in [-0.25, -0.2) is 8.42 Å². The molecule has 9 heteroatoms. The molecular weight excluding hydrogens is 490 g/mol. The van der Waals surface area contributed by atoms with Crippen LogP contribution in [-0.4, -0.2) is 58.5 Å². The lowest BCUT2D eigenvalue weighted by atomic mass is 10.1. The second-order valence-electron chi connectivity index (χ2n) is 8.85. The molecule has 3 aromatic rings. The van der Waals surface area contributed by atoms with Gasteiger partial charge in [-0.15, -0.1) is 0 Å². The molecule has 1 saturated heterocycles. The van der Waals surface area contributed by atoms with Crippen molar-refractivity contribution in [3.8, 4) is 11.5 Å². The largest absolute Gasteiger partial charge is 0.497 e. The Labute approximate surface area is 218 Å². The molecule has 0 aromatic heterocycles. The van der Waals surface area contributed by atoms with E-state index in [4.69, 9.17) is 9.47 Å². The Morgan fingerprint density at radius 1 is 0.919 bits per heavy atom. The fourth-order valence-corrected chi connectivity index (χ4v) is 5.98. The van der Waals surface area contributed by atoms with Gasteiger partial charge in [0, 0.05) is 50.1 Å². The Hall–Kier alpha value is -3.56. The molecular formula is C28H33N3O5S. The minimum absolute atomic E-state index is 0.154. The van der Waals surface area contributed by atoms with E-state index >= 15 is 0 Å². The summed E-state index contributed by atoms with van der Waals surface area (Å²) in [5.74, 6) is 0.883. The quantitative estimate of drug-likeness (QED) is 0.462. The molecule has 1 heterocycles. The molecule has 1 aliphatic rings. The Bertz CT molecular complexity index is 1290. The average molecular weight is 524 g/mol. The van der Waals surface area contributed by atoms with E-state index in [1.54, 1.807) is 32.4 Å². The smallest absolute Gasteiger partial charge is 0.243 e. The van der Waals surface area contributed by atoms with Crippen molar-refractivity contribution in [1.29, 1.82) is 0 Å². The van der Waals surface area contributed by atoms with Crippen LogP contribution in [-0.2, 0) is 27.8 Å². The van der Waals surface area contributed by atoms with Gasteiger partial charge in [0.05, 0.1) is 19.1 Å². The number of carbonyl (C=O) groups excluding carboxylic acids is 1. The summed E-state index contributed by atoms with van der Waals surface area (Å²) in [5, 5.41) is 2.94. The van der Waals surface area contributed by atoms with Gasteiger partial charge in [-0.3, -0.25) is 4.79 Å². The number of anilines is 1. The highest BCUT2D eigenvalue weighted by Crippen LogP contribution is 2.31. The first-order chi connectivity index (χ1) is 17.8. The predicted molar refractivity (Wildman–Crippen MR) is 144 cm³/mol. The molecule has 1 unspecified atom stereocenters. The number of hydrogen-bond donors (Lipinski definition) is 1. The molecule has 1 amide bonds. The summed E-state index contributed by atoms with van der Waals surface area (Å²) >= 11 is 0. The van der Waals surface area contributed by atoms with Crippen LogP contribution < -0.4 is 19.7 Å². The summed E-state index contributed by atoms with van der Waals surface area (Å²) in [5.41, 5.74) is 2.78. The van der Waals surface area contributed by atoms with Gasteiger partial charge in [-0.1, -0.05) is 49.4 Å². The number of hydrogen-bond acceptors (Lipinski definition) is 6. The van der Waals surface area contributed by atoms with E-state index in [1.165, 1.54) is 4.31 Å². The number of nitrogens with one attached hydrogen (secondary N) is 1. The fourth-order valence-electron chi connectivity index (χ4n) is 4.41. The summed E-state index contributed by atoms with van der Waals surface area (Å²) in [4.78, 5) is 15.7. The second-order valence-corrected chi connectivity index (χ2v) is 10.7.